The molecule has 25 heavy (non-hydrogen) atoms. The molecular formula is C20H22O5. The molecule has 1 heterocycles. The number of methoxy groups -OCH3 is 2. The fraction of sp³-hybridized carbons (Fsp3) is 0.400. The van der Waals surface area contributed by atoms with E-state index in [1.165, 1.54) is 20.6 Å². The normalized spacial score (nSPS) is 20.1. The first-order chi connectivity index (χ1) is 12.2. The number of allylic oxidation sites excluding steroid dienone is 6. The molecule has 0 bridgehead atoms. The van der Waals surface area contributed by atoms with E-state index in [-0.39, 0.29) is 11.1 Å². The quantitative estimate of drug-likeness (QED) is 0.733. The Morgan fingerprint density at radius 2 is 1.76 bits per heavy atom. The van der Waals surface area contributed by atoms with Crippen molar-refractivity contribution in [1.82, 2.24) is 0 Å². The first-order valence-electron chi connectivity index (χ1n) is 8.54. The van der Waals surface area contributed by atoms with Crippen LogP contribution in [-0.4, -0.2) is 26.2 Å². The summed E-state index contributed by atoms with van der Waals surface area (Å²) >= 11 is 0. The molecule has 3 rings (SSSR count). The van der Waals surface area contributed by atoms with Crippen molar-refractivity contribution in [2.45, 2.75) is 38.5 Å². The van der Waals surface area contributed by atoms with E-state index in [4.69, 9.17) is 14.2 Å². The SMILES string of the molecule is COC(=O)C1=CCCC2=COC(C3=CCCCC3)=CC2=C1C(=O)OC. The molecule has 3 aliphatic rings. The van der Waals surface area contributed by atoms with Crippen molar-refractivity contribution in [3.8, 4) is 0 Å². The summed E-state index contributed by atoms with van der Waals surface area (Å²) in [6.45, 7) is 0. The Hall–Kier alpha value is -2.56. The third-order valence-electron chi connectivity index (χ3n) is 4.65. The lowest BCUT2D eigenvalue weighted by Crippen LogP contribution is -2.17. The van der Waals surface area contributed by atoms with Crippen molar-refractivity contribution >= 4 is 11.9 Å². The lowest BCUT2D eigenvalue weighted by molar-refractivity contribution is -0.139. The molecule has 5 heteroatoms. The van der Waals surface area contributed by atoms with Gasteiger partial charge in [0.1, 0.15) is 5.76 Å². The van der Waals surface area contributed by atoms with E-state index in [9.17, 15) is 9.59 Å². The Labute approximate surface area is 147 Å². The molecule has 0 aromatic heterocycles. The number of ether oxygens (including phenoxy) is 3. The average molecular weight is 342 g/mol. The van der Waals surface area contributed by atoms with Crippen LogP contribution < -0.4 is 0 Å². The molecule has 0 saturated heterocycles. The summed E-state index contributed by atoms with van der Waals surface area (Å²) in [7, 11) is 2.62. The highest BCUT2D eigenvalue weighted by molar-refractivity contribution is 6.08. The molecule has 0 unspecified atom stereocenters. The van der Waals surface area contributed by atoms with Crippen LogP contribution in [0.2, 0.25) is 0 Å². The van der Waals surface area contributed by atoms with Gasteiger partial charge in [-0.25, -0.2) is 9.59 Å². The maximum atomic E-state index is 12.4. The van der Waals surface area contributed by atoms with Gasteiger partial charge in [0, 0.05) is 0 Å². The van der Waals surface area contributed by atoms with Crippen LogP contribution in [0.4, 0.5) is 0 Å². The van der Waals surface area contributed by atoms with Gasteiger partial charge in [0.25, 0.3) is 0 Å². The van der Waals surface area contributed by atoms with Gasteiger partial charge in [0.2, 0.25) is 0 Å². The Balaban J connectivity index is 2.12. The van der Waals surface area contributed by atoms with Crippen LogP contribution in [0.25, 0.3) is 0 Å². The van der Waals surface area contributed by atoms with Gasteiger partial charge in [-0.15, -0.1) is 0 Å². The van der Waals surface area contributed by atoms with Crippen molar-refractivity contribution in [3.63, 3.8) is 0 Å². The molecule has 0 spiro atoms. The first-order valence-corrected chi connectivity index (χ1v) is 8.54. The van der Waals surface area contributed by atoms with Gasteiger partial charge in [-0.2, -0.15) is 0 Å². The first kappa shape index (κ1) is 17.3. The average Bonchev–Trinajstić information content (AvgIpc) is 2.86. The largest absolute Gasteiger partial charge is 0.465 e. The molecule has 0 N–H and O–H groups in total. The molecule has 0 amide bonds. The molecule has 0 radical (unpaired) electrons. The number of rotatable bonds is 3. The van der Waals surface area contributed by atoms with Crippen LogP contribution in [0.15, 0.2) is 58.1 Å². The molecule has 5 nitrogen and oxygen atoms in total. The van der Waals surface area contributed by atoms with Crippen molar-refractivity contribution in [3.05, 3.63) is 58.1 Å². The van der Waals surface area contributed by atoms with Crippen molar-refractivity contribution in [2.24, 2.45) is 0 Å². The highest BCUT2D eigenvalue weighted by Crippen LogP contribution is 2.37. The van der Waals surface area contributed by atoms with Gasteiger partial charge in [-0.05, 0) is 61.3 Å². The molecule has 0 aromatic rings. The second kappa shape index (κ2) is 7.55. The Morgan fingerprint density at radius 1 is 0.960 bits per heavy atom. The highest BCUT2D eigenvalue weighted by Gasteiger charge is 2.30. The lowest BCUT2D eigenvalue weighted by atomic mass is 9.91. The van der Waals surface area contributed by atoms with Crippen molar-refractivity contribution in [1.29, 1.82) is 0 Å². The van der Waals surface area contributed by atoms with Gasteiger partial charge in [-0.3, -0.25) is 0 Å². The molecule has 2 aliphatic carbocycles. The molecule has 0 fully saturated rings. The van der Waals surface area contributed by atoms with E-state index in [2.05, 4.69) is 6.08 Å². The number of esters is 2. The predicted molar refractivity (Wildman–Crippen MR) is 92.2 cm³/mol. The minimum Gasteiger partial charge on any atom is -0.465 e. The van der Waals surface area contributed by atoms with Gasteiger partial charge in [0.05, 0.1) is 31.6 Å². The fourth-order valence-electron chi connectivity index (χ4n) is 3.35. The van der Waals surface area contributed by atoms with Crippen molar-refractivity contribution < 1.29 is 23.8 Å². The Bertz CT molecular complexity index is 746. The van der Waals surface area contributed by atoms with E-state index in [1.807, 2.05) is 6.08 Å². The summed E-state index contributed by atoms with van der Waals surface area (Å²) in [5, 5.41) is 0. The number of hydrogen-bond acceptors (Lipinski definition) is 5. The Morgan fingerprint density at radius 3 is 2.44 bits per heavy atom. The second-order valence-corrected chi connectivity index (χ2v) is 6.17. The zero-order chi connectivity index (χ0) is 17.8. The summed E-state index contributed by atoms with van der Waals surface area (Å²) < 4.78 is 15.6. The lowest BCUT2D eigenvalue weighted by Gasteiger charge is -2.22. The summed E-state index contributed by atoms with van der Waals surface area (Å²) in [4.78, 5) is 24.6. The Kier molecular flexibility index (Phi) is 5.22. The summed E-state index contributed by atoms with van der Waals surface area (Å²) in [5.74, 6) is -0.340. The molecule has 1 aliphatic heterocycles. The summed E-state index contributed by atoms with van der Waals surface area (Å²) in [6.07, 6.45) is 13.1. The highest BCUT2D eigenvalue weighted by atomic mass is 16.5. The molecule has 132 valence electrons. The molecule has 0 aromatic carbocycles. The van der Waals surface area contributed by atoms with Gasteiger partial charge < -0.3 is 14.2 Å². The number of carbonyl (C=O) groups is 2. The standard InChI is InChI=1S/C20H22O5/c1-23-19(21)15-10-6-9-14-12-25-17(13-7-4-3-5-8-13)11-16(14)18(15)20(22)24-2/h7,10-12H,3-6,8-9H2,1-2H3. The van der Waals surface area contributed by atoms with Crippen LogP contribution in [0.5, 0.6) is 0 Å². The van der Waals surface area contributed by atoms with Crippen LogP contribution in [-0.2, 0) is 23.8 Å². The number of carbonyl (C=O) groups excluding carboxylic acids is 2. The summed E-state index contributed by atoms with van der Waals surface area (Å²) in [6, 6.07) is 0. The molecule has 0 saturated carbocycles. The summed E-state index contributed by atoms with van der Waals surface area (Å²) in [5.41, 5.74) is 3.22. The predicted octanol–water partition coefficient (Wildman–Crippen LogP) is 3.65. The van der Waals surface area contributed by atoms with E-state index in [1.54, 1.807) is 12.3 Å². The number of fused-ring (bicyclic) bond motifs is 1. The molecule has 0 atom stereocenters. The maximum Gasteiger partial charge on any atom is 0.339 e. The number of hydrogen-bond donors (Lipinski definition) is 0. The molecular weight excluding hydrogens is 320 g/mol. The third-order valence-corrected chi connectivity index (χ3v) is 4.65. The zero-order valence-electron chi connectivity index (χ0n) is 14.6. The van der Waals surface area contributed by atoms with Crippen LogP contribution in [0, 0.1) is 0 Å². The smallest absolute Gasteiger partial charge is 0.339 e. The van der Waals surface area contributed by atoms with E-state index < -0.39 is 11.9 Å². The third kappa shape index (κ3) is 3.45. The van der Waals surface area contributed by atoms with Crippen LogP contribution in [0.1, 0.15) is 38.5 Å². The van der Waals surface area contributed by atoms with Crippen molar-refractivity contribution in [2.75, 3.05) is 14.2 Å². The van der Waals surface area contributed by atoms with Gasteiger partial charge >= 0.3 is 11.9 Å². The van der Waals surface area contributed by atoms with Gasteiger partial charge in [0.15, 0.2) is 0 Å². The zero-order valence-corrected chi connectivity index (χ0v) is 14.6. The van der Waals surface area contributed by atoms with Crippen LogP contribution in [0.3, 0.4) is 0 Å². The fourth-order valence-corrected chi connectivity index (χ4v) is 3.35. The second-order valence-electron chi connectivity index (χ2n) is 6.17. The minimum atomic E-state index is -0.547. The monoisotopic (exact) mass is 342 g/mol. The minimum absolute atomic E-state index is 0.246. The maximum absolute atomic E-state index is 12.4. The van der Waals surface area contributed by atoms with E-state index in [0.717, 1.165) is 36.2 Å². The topological polar surface area (TPSA) is 61.8 Å². The van der Waals surface area contributed by atoms with E-state index in [0.29, 0.717) is 18.4 Å². The van der Waals surface area contributed by atoms with Crippen LogP contribution >= 0.6 is 0 Å². The van der Waals surface area contributed by atoms with Gasteiger partial charge in [-0.1, -0.05) is 12.2 Å². The van der Waals surface area contributed by atoms with E-state index >= 15 is 0 Å².